The smallest absolute Gasteiger partial charge is 0.160 e. The maximum absolute atomic E-state index is 8.61. The molecular weight excluding hydrogens is 226 g/mol. The van der Waals surface area contributed by atoms with Crippen LogP contribution in [0.1, 0.15) is 25.7 Å². The standard InChI is InChI=1S/C12H18ClNO2/c13-10-6-5-7-11(14)12(10)16-9-4-2-1-3-8-15/h5-7,15H,1-4,8-9,14H2. The first-order valence-corrected chi connectivity index (χ1v) is 5.91. The van der Waals surface area contributed by atoms with E-state index in [9.17, 15) is 0 Å². The third kappa shape index (κ3) is 4.29. The Morgan fingerprint density at radius 3 is 2.62 bits per heavy atom. The fourth-order valence-corrected chi connectivity index (χ4v) is 1.66. The lowest BCUT2D eigenvalue weighted by Gasteiger charge is -2.10. The first kappa shape index (κ1) is 13.1. The van der Waals surface area contributed by atoms with Crippen LogP contribution in [-0.2, 0) is 0 Å². The molecule has 0 amide bonds. The second-order valence-corrected chi connectivity index (χ2v) is 4.05. The zero-order valence-corrected chi connectivity index (χ0v) is 10.0. The fraction of sp³-hybridized carbons (Fsp3) is 0.500. The first-order chi connectivity index (χ1) is 7.75. The van der Waals surface area contributed by atoms with Crippen molar-refractivity contribution in [3.05, 3.63) is 23.2 Å². The summed E-state index contributed by atoms with van der Waals surface area (Å²) in [6.07, 6.45) is 3.88. The van der Waals surface area contributed by atoms with E-state index in [4.69, 9.17) is 27.2 Å². The number of aliphatic hydroxyl groups excluding tert-OH is 1. The fourth-order valence-electron chi connectivity index (χ4n) is 1.42. The van der Waals surface area contributed by atoms with Gasteiger partial charge in [0.1, 0.15) is 0 Å². The second-order valence-electron chi connectivity index (χ2n) is 3.64. The Balaban J connectivity index is 2.26. The van der Waals surface area contributed by atoms with Gasteiger partial charge in [0, 0.05) is 6.61 Å². The van der Waals surface area contributed by atoms with Crippen LogP contribution in [0.25, 0.3) is 0 Å². The van der Waals surface area contributed by atoms with Gasteiger partial charge in [0.05, 0.1) is 17.3 Å². The predicted molar refractivity (Wildman–Crippen MR) is 66.9 cm³/mol. The largest absolute Gasteiger partial charge is 0.490 e. The van der Waals surface area contributed by atoms with Gasteiger partial charge < -0.3 is 15.6 Å². The lowest BCUT2D eigenvalue weighted by atomic mass is 10.2. The summed E-state index contributed by atoms with van der Waals surface area (Å²) in [6, 6.07) is 5.33. The first-order valence-electron chi connectivity index (χ1n) is 5.53. The van der Waals surface area contributed by atoms with Crippen LogP contribution in [0.3, 0.4) is 0 Å². The van der Waals surface area contributed by atoms with Crippen LogP contribution in [0.15, 0.2) is 18.2 Å². The highest BCUT2D eigenvalue weighted by Gasteiger charge is 2.04. The molecule has 0 aliphatic heterocycles. The topological polar surface area (TPSA) is 55.5 Å². The van der Waals surface area contributed by atoms with Gasteiger partial charge in [0.2, 0.25) is 0 Å². The quantitative estimate of drug-likeness (QED) is 0.572. The van der Waals surface area contributed by atoms with Crippen LogP contribution in [0.2, 0.25) is 5.02 Å². The monoisotopic (exact) mass is 243 g/mol. The number of aliphatic hydroxyl groups is 1. The molecule has 0 spiro atoms. The lowest BCUT2D eigenvalue weighted by molar-refractivity contribution is 0.274. The Hall–Kier alpha value is -0.930. The van der Waals surface area contributed by atoms with Gasteiger partial charge in [-0.3, -0.25) is 0 Å². The molecule has 1 rings (SSSR count). The molecule has 0 fully saturated rings. The van der Waals surface area contributed by atoms with Crippen molar-refractivity contribution in [3.63, 3.8) is 0 Å². The summed E-state index contributed by atoms with van der Waals surface area (Å²) in [5.74, 6) is 0.575. The van der Waals surface area contributed by atoms with E-state index in [0.717, 1.165) is 25.7 Å². The molecule has 90 valence electrons. The molecule has 3 nitrogen and oxygen atoms in total. The van der Waals surface area contributed by atoms with Gasteiger partial charge in [-0.15, -0.1) is 0 Å². The van der Waals surface area contributed by atoms with Gasteiger partial charge in [0.15, 0.2) is 5.75 Å². The highest BCUT2D eigenvalue weighted by Crippen LogP contribution is 2.30. The van der Waals surface area contributed by atoms with Crippen LogP contribution in [-0.4, -0.2) is 18.3 Å². The van der Waals surface area contributed by atoms with Crippen molar-refractivity contribution in [2.75, 3.05) is 18.9 Å². The summed E-state index contributed by atoms with van der Waals surface area (Å²) >= 11 is 5.95. The van der Waals surface area contributed by atoms with Crippen LogP contribution in [0.4, 0.5) is 5.69 Å². The van der Waals surface area contributed by atoms with Crippen LogP contribution in [0, 0.1) is 0 Å². The second kappa shape index (κ2) is 7.36. The molecule has 1 aromatic carbocycles. The molecule has 3 N–H and O–H groups in total. The molecular formula is C12H18ClNO2. The number of halogens is 1. The van der Waals surface area contributed by atoms with E-state index in [1.807, 2.05) is 0 Å². The SMILES string of the molecule is Nc1cccc(Cl)c1OCCCCCCO. The van der Waals surface area contributed by atoms with Crippen molar-refractivity contribution in [1.82, 2.24) is 0 Å². The summed E-state index contributed by atoms with van der Waals surface area (Å²) in [5, 5.41) is 9.16. The Morgan fingerprint density at radius 2 is 1.94 bits per heavy atom. The van der Waals surface area contributed by atoms with E-state index in [1.165, 1.54) is 0 Å². The molecule has 0 aliphatic carbocycles. The maximum Gasteiger partial charge on any atom is 0.160 e. The van der Waals surface area contributed by atoms with Gasteiger partial charge in [-0.05, 0) is 31.4 Å². The molecule has 0 saturated carbocycles. The molecule has 4 heteroatoms. The average molecular weight is 244 g/mol. The molecule has 0 unspecified atom stereocenters. The van der Waals surface area contributed by atoms with Gasteiger partial charge in [0.25, 0.3) is 0 Å². The molecule has 0 aliphatic rings. The molecule has 0 aromatic heterocycles. The van der Waals surface area contributed by atoms with E-state index in [0.29, 0.717) is 23.1 Å². The van der Waals surface area contributed by atoms with Crippen molar-refractivity contribution in [2.45, 2.75) is 25.7 Å². The number of nitrogens with two attached hydrogens (primary N) is 1. The van der Waals surface area contributed by atoms with Crippen LogP contribution >= 0.6 is 11.6 Å². The molecule has 16 heavy (non-hydrogen) atoms. The van der Waals surface area contributed by atoms with Gasteiger partial charge in [-0.1, -0.05) is 24.1 Å². The normalized spacial score (nSPS) is 10.4. The van der Waals surface area contributed by atoms with Crippen molar-refractivity contribution in [2.24, 2.45) is 0 Å². The summed E-state index contributed by atoms with van der Waals surface area (Å²) in [4.78, 5) is 0. The number of para-hydroxylation sites is 1. The highest BCUT2D eigenvalue weighted by molar-refractivity contribution is 6.32. The number of benzene rings is 1. The molecule has 0 heterocycles. The minimum Gasteiger partial charge on any atom is -0.490 e. The Bertz CT molecular complexity index is 298. The van der Waals surface area contributed by atoms with Crippen LogP contribution in [0.5, 0.6) is 5.75 Å². The number of unbranched alkanes of at least 4 members (excludes halogenated alkanes) is 3. The zero-order chi connectivity index (χ0) is 11.8. The van der Waals surface area contributed by atoms with E-state index in [2.05, 4.69) is 0 Å². The summed E-state index contributed by atoms with van der Waals surface area (Å²) in [6.45, 7) is 0.873. The third-order valence-electron chi connectivity index (χ3n) is 2.30. The van der Waals surface area contributed by atoms with Crippen molar-refractivity contribution in [3.8, 4) is 5.75 Å². The lowest BCUT2D eigenvalue weighted by Crippen LogP contribution is -2.01. The number of hydrogen-bond acceptors (Lipinski definition) is 3. The predicted octanol–water partition coefficient (Wildman–Crippen LogP) is 2.85. The van der Waals surface area contributed by atoms with Gasteiger partial charge in [-0.25, -0.2) is 0 Å². The number of rotatable bonds is 7. The van der Waals surface area contributed by atoms with Crippen molar-refractivity contribution in [1.29, 1.82) is 0 Å². The van der Waals surface area contributed by atoms with Crippen LogP contribution < -0.4 is 10.5 Å². The molecule has 1 aromatic rings. The summed E-state index contributed by atoms with van der Waals surface area (Å²) in [7, 11) is 0. The average Bonchev–Trinajstić information content (AvgIpc) is 2.26. The minimum atomic E-state index is 0.262. The molecule has 0 saturated heterocycles. The number of ether oxygens (including phenoxy) is 1. The van der Waals surface area contributed by atoms with E-state index >= 15 is 0 Å². The number of anilines is 1. The minimum absolute atomic E-state index is 0.262. The molecule has 0 radical (unpaired) electrons. The maximum atomic E-state index is 8.61. The van der Waals surface area contributed by atoms with E-state index in [-0.39, 0.29) is 6.61 Å². The summed E-state index contributed by atoms with van der Waals surface area (Å²) in [5.41, 5.74) is 6.31. The van der Waals surface area contributed by atoms with E-state index < -0.39 is 0 Å². The van der Waals surface area contributed by atoms with Gasteiger partial charge >= 0.3 is 0 Å². The Labute approximate surface area is 101 Å². The van der Waals surface area contributed by atoms with Gasteiger partial charge in [-0.2, -0.15) is 0 Å². The zero-order valence-electron chi connectivity index (χ0n) is 9.29. The third-order valence-corrected chi connectivity index (χ3v) is 2.59. The Kier molecular flexibility index (Phi) is 6.04. The Morgan fingerprint density at radius 1 is 1.19 bits per heavy atom. The molecule has 0 bridgehead atoms. The van der Waals surface area contributed by atoms with Crippen molar-refractivity contribution < 1.29 is 9.84 Å². The number of nitrogen functional groups attached to an aromatic ring is 1. The summed E-state index contributed by atoms with van der Waals surface area (Å²) < 4.78 is 5.53. The van der Waals surface area contributed by atoms with Crippen molar-refractivity contribution >= 4 is 17.3 Å². The molecule has 0 atom stereocenters. The highest BCUT2D eigenvalue weighted by atomic mass is 35.5. The van der Waals surface area contributed by atoms with E-state index in [1.54, 1.807) is 18.2 Å². The number of hydrogen-bond donors (Lipinski definition) is 2.